The summed E-state index contributed by atoms with van der Waals surface area (Å²) in [5.41, 5.74) is 4.75. The highest BCUT2D eigenvalue weighted by molar-refractivity contribution is 7.99. The van der Waals surface area contributed by atoms with Crippen LogP contribution in [-0.2, 0) is 16.1 Å². The molecule has 0 spiro atoms. The summed E-state index contributed by atoms with van der Waals surface area (Å²) in [6.45, 7) is 3.81. The lowest BCUT2D eigenvalue weighted by Crippen LogP contribution is -2.28. The molecular formula is C9H15N3O3S. The van der Waals surface area contributed by atoms with E-state index in [0.717, 1.165) is 0 Å². The first kappa shape index (κ1) is 13.0. The minimum absolute atomic E-state index is 0.216. The molecule has 90 valence electrons. The number of thioether (sulfide) groups is 1. The topological polar surface area (TPSA) is 91.2 Å². The number of nitrogens with two attached hydrogens (primary N) is 1. The monoisotopic (exact) mass is 245 g/mol. The summed E-state index contributed by atoms with van der Waals surface area (Å²) in [5, 5.41) is 7.93. The highest BCUT2D eigenvalue weighted by Gasteiger charge is 2.29. The molecule has 1 rings (SSSR count). The van der Waals surface area contributed by atoms with Gasteiger partial charge in [0.25, 0.3) is 5.22 Å². The minimum Gasteiger partial charge on any atom is -0.469 e. The summed E-state index contributed by atoms with van der Waals surface area (Å²) in [6, 6.07) is 0. The van der Waals surface area contributed by atoms with Crippen molar-refractivity contribution in [1.29, 1.82) is 0 Å². The van der Waals surface area contributed by atoms with Crippen molar-refractivity contribution in [2.24, 2.45) is 11.1 Å². The third-order valence-electron chi connectivity index (χ3n) is 1.92. The number of esters is 1. The standard InChI is InChI=1S/C9H15N3O3S/c1-9(2,7(13)14-3)5-16-8-12-11-6(4-10)15-8/h4-5,10H2,1-3H3. The molecule has 0 aliphatic rings. The summed E-state index contributed by atoms with van der Waals surface area (Å²) in [4.78, 5) is 11.4. The zero-order chi connectivity index (χ0) is 12.2. The molecule has 0 saturated heterocycles. The molecule has 0 unspecified atom stereocenters. The largest absolute Gasteiger partial charge is 0.469 e. The lowest BCUT2D eigenvalue weighted by Gasteiger charge is -2.19. The zero-order valence-electron chi connectivity index (χ0n) is 9.52. The van der Waals surface area contributed by atoms with Gasteiger partial charge in [0.05, 0.1) is 19.1 Å². The van der Waals surface area contributed by atoms with E-state index in [4.69, 9.17) is 14.9 Å². The second kappa shape index (κ2) is 5.31. The van der Waals surface area contributed by atoms with E-state index < -0.39 is 5.41 Å². The summed E-state index contributed by atoms with van der Waals surface area (Å²) in [7, 11) is 1.37. The van der Waals surface area contributed by atoms with Gasteiger partial charge in [0.1, 0.15) is 0 Å². The average Bonchev–Trinajstić information content (AvgIpc) is 2.73. The Balaban J connectivity index is 2.53. The van der Waals surface area contributed by atoms with Crippen LogP contribution in [0.3, 0.4) is 0 Å². The Morgan fingerprint density at radius 1 is 1.56 bits per heavy atom. The molecule has 0 radical (unpaired) electrons. The van der Waals surface area contributed by atoms with Crippen molar-refractivity contribution in [3.05, 3.63) is 5.89 Å². The van der Waals surface area contributed by atoms with Crippen molar-refractivity contribution in [2.75, 3.05) is 12.9 Å². The fourth-order valence-corrected chi connectivity index (χ4v) is 1.81. The van der Waals surface area contributed by atoms with E-state index in [1.165, 1.54) is 18.9 Å². The maximum absolute atomic E-state index is 11.4. The van der Waals surface area contributed by atoms with E-state index >= 15 is 0 Å². The molecule has 2 N–H and O–H groups in total. The van der Waals surface area contributed by atoms with Crippen LogP contribution >= 0.6 is 11.8 Å². The van der Waals surface area contributed by atoms with Gasteiger partial charge in [-0.1, -0.05) is 11.8 Å². The quantitative estimate of drug-likeness (QED) is 0.606. The molecule has 0 saturated carbocycles. The lowest BCUT2D eigenvalue weighted by atomic mass is 9.97. The van der Waals surface area contributed by atoms with Crippen LogP contribution in [0.4, 0.5) is 0 Å². The van der Waals surface area contributed by atoms with Gasteiger partial charge in [-0.25, -0.2) is 0 Å². The number of hydrogen-bond acceptors (Lipinski definition) is 7. The fraction of sp³-hybridized carbons (Fsp3) is 0.667. The van der Waals surface area contributed by atoms with Gasteiger partial charge in [-0.3, -0.25) is 4.79 Å². The van der Waals surface area contributed by atoms with Gasteiger partial charge < -0.3 is 14.9 Å². The minimum atomic E-state index is -0.587. The molecule has 1 aromatic rings. The first-order valence-corrected chi connectivity index (χ1v) is 5.72. The molecule has 0 aliphatic heterocycles. The molecule has 1 aromatic heterocycles. The number of rotatable bonds is 5. The number of hydrogen-bond donors (Lipinski definition) is 1. The van der Waals surface area contributed by atoms with Crippen LogP contribution < -0.4 is 5.73 Å². The molecular weight excluding hydrogens is 230 g/mol. The van der Waals surface area contributed by atoms with Crippen LogP contribution in [0.2, 0.25) is 0 Å². The van der Waals surface area contributed by atoms with Gasteiger partial charge in [0.2, 0.25) is 5.89 Å². The van der Waals surface area contributed by atoms with Gasteiger partial charge in [-0.15, -0.1) is 10.2 Å². The normalized spacial score (nSPS) is 11.5. The van der Waals surface area contributed by atoms with E-state index in [-0.39, 0.29) is 12.5 Å². The fourth-order valence-electron chi connectivity index (χ4n) is 0.956. The van der Waals surface area contributed by atoms with Gasteiger partial charge in [-0.05, 0) is 13.8 Å². The van der Waals surface area contributed by atoms with Crippen molar-refractivity contribution >= 4 is 17.7 Å². The number of methoxy groups -OCH3 is 1. The molecule has 0 atom stereocenters. The molecule has 1 heterocycles. The first-order chi connectivity index (χ1) is 7.49. The Morgan fingerprint density at radius 3 is 2.75 bits per heavy atom. The molecule has 16 heavy (non-hydrogen) atoms. The Kier molecular flexibility index (Phi) is 4.31. The third kappa shape index (κ3) is 3.21. The van der Waals surface area contributed by atoms with Crippen LogP contribution in [0.5, 0.6) is 0 Å². The van der Waals surface area contributed by atoms with Crippen molar-refractivity contribution in [1.82, 2.24) is 10.2 Å². The second-order valence-corrected chi connectivity index (χ2v) is 4.76. The predicted octanol–water partition coefficient (Wildman–Crippen LogP) is 0.820. The Morgan fingerprint density at radius 2 is 2.25 bits per heavy atom. The van der Waals surface area contributed by atoms with Crippen molar-refractivity contribution in [2.45, 2.75) is 25.6 Å². The van der Waals surface area contributed by atoms with E-state index in [1.54, 1.807) is 13.8 Å². The predicted molar refractivity (Wildman–Crippen MR) is 58.7 cm³/mol. The maximum Gasteiger partial charge on any atom is 0.312 e. The van der Waals surface area contributed by atoms with Crippen LogP contribution in [0.25, 0.3) is 0 Å². The number of nitrogens with zero attached hydrogens (tertiary/aromatic N) is 2. The average molecular weight is 245 g/mol. The maximum atomic E-state index is 11.4. The number of carbonyl (C=O) groups excluding carboxylic acids is 1. The first-order valence-electron chi connectivity index (χ1n) is 4.73. The molecule has 0 fully saturated rings. The third-order valence-corrected chi connectivity index (χ3v) is 3.20. The summed E-state index contributed by atoms with van der Waals surface area (Å²) in [5.74, 6) is 0.628. The van der Waals surface area contributed by atoms with Crippen molar-refractivity contribution in [3.63, 3.8) is 0 Å². The molecule has 0 aromatic carbocycles. The number of aromatic nitrogens is 2. The summed E-state index contributed by atoms with van der Waals surface area (Å²) < 4.78 is 9.90. The second-order valence-electron chi connectivity index (χ2n) is 3.83. The van der Waals surface area contributed by atoms with Crippen LogP contribution in [0, 0.1) is 5.41 Å². The molecule has 0 amide bonds. The van der Waals surface area contributed by atoms with Crippen molar-refractivity contribution in [3.8, 4) is 0 Å². The lowest BCUT2D eigenvalue weighted by molar-refractivity contribution is -0.149. The zero-order valence-corrected chi connectivity index (χ0v) is 10.3. The highest BCUT2D eigenvalue weighted by Crippen LogP contribution is 2.27. The Bertz CT molecular complexity index is 365. The van der Waals surface area contributed by atoms with Gasteiger partial charge in [0.15, 0.2) is 0 Å². The van der Waals surface area contributed by atoms with Crippen LogP contribution in [0.1, 0.15) is 19.7 Å². The molecule has 0 bridgehead atoms. The highest BCUT2D eigenvalue weighted by atomic mass is 32.2. The summed E-state index contributed by atoms with van der Waals surface area (Å²) in [6.07, 6.45) is 0. The molecule has 7 heteroatoms. The Labute approximate surface area is 97.9 Å². The van der Waals surface area contributed by atoms with E-state index in [2.05, 4.69) is 10.2 Å². The van der Waals surface area contributed by atoms with Gasteiger partial charge in [0, 0.05) is 5.75 Å². The van der Waals surface area contributed by atoms with Gasteiger partial charge >= 0.3 is 5.97 Å². The number of ether oxygens (including phenoxy) is 1. The SMILES string of the molecule is COC(=O)C(C)(C)CSc1nnc(CN)o1. The summed E-state index contributed by atoms with van der Waals surface area (Å²) >= 11 is 1.31. The molecule has 0 aliphatic carbocycles. The van der Waals surface area contributed by atoms with Crippen LogP contribution in [-0.4, -0.2) is 29.0 Å². The molecule has 6 nitrogen and oxygen atoms in total. The number of carbonyl (C=O) groups is 1. The van der Waals surface area contributed by atoms with E-state index in [0.29, 0.717) is 16.9 Å². The van der Waals surface area contributed by atoms with Crippen LogP contribution in [0.15, 0.2) is 9.64 Å². The Hall–Kier alpha value is -1.08. The smallest absolute Gasteiger partial charge is 0.312 e. The van der Waals surface area contributed by atoms with Crippen molar-refractivity contribution < 1.29 is 13.9 Å². The van der Waals surface area contributed by atoms with E-state index in [9.17, 15) is 4.79 Å². The van der Waals surface area contributed by atoms with Gasteiger partial charge in [-0.2, -0.15) is 0 Å². The van der Waals surface area contributed by atoms with E-state index in [1.807, 2.05) is 0 Å².